The summed E-state index contributed by atoms with van der Waals surface area (Å²) in [6.07, 6.45) is 0.147. The molecule has 2 aliphatic rings. The third-order valence-corrected chi connectivity index (χ3v) is 7.10. The first kappa shape index (κ1) is 29.8. The van der Waals surface area contributed by atoms with Gasteiger partial charge in [0.1, 0.15) is 11.9 Å². The Morgan fingerprint density at radius 3 is 2.37 bits per heavy atom. The lowest BCUT2D eigenvalue weighted by atomic mass is 9.80. The van der Waals surface area contributed by atoms with Crippen LogP contribution in [0, 0.1) is 10.1 Å². The molecule has 0 radical (unpaired) electrons. The van der Waals surface area contributed by atoms with E-state index >= 15 is 0 Å². The zero-order valence-electron chi connectivity index (χ0n) is 23.9. The van der Waals surface area contributed by atoms with Gasteiger partial charge in [-0.25, -0.2) is 9.59 Å². The normalized spacial score (nSPS) is 20.0. The largest absolute Gasteiger partial charge is 0.496 e. The van der Waals surface area contributed by atoms with E-state index in [1.54, 1.807) is 27.0 Å². The number of nitrogens with one attached hydrogen (secondary N) is 1. The van der Waals surface area contributed by atoms with Crippen molar-refractivity contribution >= 4 is 17.6 Å². The number of rotatable bonds is 9. The lowest BCUT2D eigenvalue weighted by molar-refractivity contribution is -0.384. The summed E-state index contributed by atoms with van der Waals surface area (Å²) in [6, 6.07) is 11.6. The molecule has 11 heteroatoms. The first-order valence-electron chi connectivity index (χ1n) is 13.1. The minimum absolute atomic E-state index is 0.0271. The highest BCUT2D eigenvalue weighted by molar-refractivity contribution is 5.99. The Balaban J connectivity index is 1.55. The molecule has 0 aliphatic carbocycles. The molecule has 1 saturated heterocycles. The Hall–Kier alpha value is -4.22. The van der Waals surface area contributed by atoms with Crippen LogP contribution in [0.5, 0.6) is 5.75 Å². The van der Waals surface area contributed by atoms with Gasteiger partial charge in [0.05, 0.1) is 49.4 Å². The number of esters is 2. The SMILES string of the molecule is COC(=O)C1=C(C)NC(C)=C(C(=O)OCCc2ccc(C3COC(C)(C)O3)cc2OC)C1c1cccc([N+](=O)[O-])c1. The maximum absolute atomic E-state index is 13.5. The van der Waals surface area contributed by atoms with E-state index in [2.05, 4.69) is 5.32 Å². The number of nitro groups is 1. The quantitative estimate of drug-likeness (QED) is 0.260. The summed E-state index contributed by atoms with van der Waals surface area (Å²) >= 11 is 0. The summed E-state index contributed by atoms with van der Waals surface area (Å²) in [5, 5.41) is 14.5. The van der Waals surface area contributed by atoms with Crippen LogP contribution < -0.4 is 10.1 Å². The third-order valence-electron chi connectivity index (χ3n) is 7.10. The molecule has 0 aromatic heterocycles. The van der Waals surface area contributed by atoms with Crippen LogP contribution in [0.1, 0.15) is 56.4 Å². The van der Waals surface area contributed by atoms with Gasteiger partial charge in [-0.05, 0) is 50.5 Å². The Labute approximate surface area is 238 Å². The van der Waals surface area contributed by atoms with Gasteiger partial charge in [0, 0.05) is 29.9 Å². The second-order valence-electron chi connectivity index (χ2n) is 10.3. The molecule has 4 rings (SSSR count). The van der Waals surface area contributed by atoms with Crippen molar-refractivity contribution in [2.75, 3.05) is 27.4 Å². The summed E-state index contributed by atoms with van der Waals surface area (Å²) in [4.78, 5) is 37.3. The molecule has 11 nitrogen and oxygen atoms in total. The van der Waals surface area contributed by atoms with Gasteiger partial charge in [-0.15, -0.1) is 0 Å². The summed E-state index contributed by atoms with van der Waals surface area (Å²) in [5.74, 6) is -2.27. The zero-order valence-corrected chi connectivity index (χ0v) is 23.9. The lowest BCUT2D eigenvalue weighted by Gasteiger charge is -2.30. The van der Waals surface area contributed by atoms with E-state index in [9.17, 15) is 19.7 Å². The molecule has 0 bridgehead atoms. The minimum atomic E-state index is -0.928. The molecule has 2 unspecified atom stereocenters. The van der Waals surface area contributed by atoms with Crippen molar-refractivity contribution in [1.29, 1.82) is 0 Å². The Morgan fingerprint density at radius 1 is 1.05 bits per heavy atom. The van der Waals surface area contributed by atoms with Crippen LogP contribution in [-0.2, 0) is 35.0 Å². The summed E-state index contributed by atoms with van der Waals surface area (Å²) in [6.45, 7) is 7.56. The molecule has 0 amide bonds. The van der Waals surface area contributed by atoms with Crippen LogP contribution in [0.2, 0.25) is 0 Å². The number of allylic oxidation sites excluding steroid dienone is 2. The van der Waals surface area contributed by atoms with Crippen molar-refractivity contribution in [3.63, 3.8) is 0 Å². The van der Waals surface area contributed by atoms with Crippen LogP contribution in [-0.4, -0.2) is 50.1 Å². The van der Waals surface area contributed by atoms with Gasteiger partial charge in [-0.3, -0.25) is 10.1 Å². The molecule has 2 aliphatic heterocycles. The molecule has 0 spiro atoms. The molecule has 1 N–H and O–H groups in total. The van der Waals surface area contributed by atoms with Gasteiger partial charge in [0.15, 0.2) is 5.79 Å². The predicted octanol–water partition coefficient (Wildman–Crippen LogP) is 4.62. The molecule has 0 saturated carbocycles. The van der Waals surface area contributed by atoms with Crippen LogP contribution in [0.4, 0.5) is 5.69 Å². The number of hydrogen-bond donors (Lipinski definition) is 1. The molecule has 2 heterocycles. The number of ether oxygens (including phenoxy) is 5. The van der Waals surface area contributed by atoms with Gasteiger partial charge < -0.3 is 29.0 Å². The molecule has 218 valence electrons. The van der Waals surface area contributed by atoms with Crippen molar-refractivity contribution in [3.8, 4) is 5.75 Å². The highest BCUT2D eigenvalue weighted by Gasteiger charge is 2.38. The van der Waals surface area contributed by atoms with E-state index in [1.165, 1.54) is 25.3 Å². The number of dihydropyridines is 1. The van der Waals surface area contributed by atoms with Gasteiger partial charge in [0.25, 0.3) is 5.69 Å². The van der Waals surface area contributed by atoms with Crippen molar-refractivity contribution in [2.45, 2.75) is 51.9 Å². The van der Waals surface area contributed by atoms with Crippen molar-refractivity contribution in [3.05, 3.63) is 91.8 Å². The molecular weight excluding hydrogens is 532 g/mol. The van der Waals surface area contributed by atoms with Gasteiger partial charge >= 0.3 is 11.9 Å². The molecule has 41 heavy (non-hydrogen) atoms. The first-order valence-corrected chi connectivity index (χ1v) is 13.1. The maximum Gasteiger partial charge on any atom is 0.336 e. The van der Waals surface area contributed by atoms with Gasteiger partial charge in [-0.1, -0.05) is 24.3 Å². The molecule has 2 aromatic rings. The highest BCUT2D eigenvalue weighted by atomic mass is 16.7. The fraction of sp³-hybridized carbons (Fsp3) is 0.400. The van der Waals surface area contributed by atoms with Crippen LogP contribution in [0.25, 0.3) is 0 Å². The highest BCUT2D eigenvalue weighted by Crippen LogP contribution is 2.40. The van der Waals surface area contributed by atoms with E-state index in [-0.39, 0.29) is 29.5 Å². The minimum Gasteiger partial charge on any atom is -0.496 e. The second-order valence-corrected chi connectivity index (χ2v) is 10.3. The number of carbonyl (C=O) groups is 2. The average molecular weight is 567 g/mol. The molecule has 2 atom stereocenters. The monoisotopic (exact) mass is 566 g/mol. The number of nitro benzene ring substituents is 1. The van der Waals surface area contributed by atoms with Crippen molar-refractivity contribution in [1.82, 2.24) is 5.32 Å². The van der Waals surface area contributed by atoms with E-state index < -0.39 is 28.6 Å². The van der Waals surface area contributed by atoms with Crippen LogP contribution in [0.3, 0.4) is 0 Å². The molecule has 2 aromatic carbocycles. The van der Waals surface area contributed by atoms with Crippen LogP contribution >= 0.6 is 0 Å². The Kier molecular flexibility index (Phi) is 8.79. The number of methoxy groups -OCH3 is 2. The zero-order chi connectivity index (χ0) is 29.9. The molecular formula is C30H34N2O9. The molecule has 1 fully saturated rings. The number of hydrogen-bond acceptors (Lipinski definition) is 10. The number of carbonyl (C=O) groups excluding carboxylic acids is 2. The van der Waals surface area contributed by atoms with Crippen LogP contribution in [0.15, 0.2) is 65.0 Å². The predicted molar refractivity (Wildman–Crippen MR) is 148 cm³/mol. The van der Waals surface area contributed by atoms with Crippen molar-refractivity contribution in [2.24, 2.45) is 0 Å². The summed E-state index contributed by atoms with van der Waals surface area (Å²) in [5.41, 5.74) is 3.26. The number of benzene rings is 2. The van der Waals surface area contributed by atoms with E-state index in [4.69, 9.17) is 23.7 Å². The third kappa shape index (κ3) is 6.41. The lowest BCUT2D eigenvalue weighted by Crippen LogP contribution is -2.32. The fourth-order valence-electron chi connectivity index (χ4n) is 5.15. The maximum atomic E-state index is 13.5. The second kappa shape index (κ2) is 12.1. The Morgan fingerprint density at radius 2 is 1.76 bits per heavy atom. The average Bonchev–Trinajstić information content (AvgIpc) is 3.31. The van der Waals surface area contributed by atoms with Gasteiger partial charge in [0.2, 0.25) is 0 Å². The smallest absolute Gasteiger partial charge is 0.336 e. The van der Waals surface area contributed by atoms with E-state index in [1.807, 2.05) is 32.0 Å². The topological polar surface area (TPSA) is 135 Å². The number of non-ortho nitro benzene ring substituents is 1. The Bertz CT molecular complexity index is 1430. The number of nitrogens with zero attached hydrogens (tertiary/aromatic N) is 1. The van der Waals surface area contributed by atoms with Crippen molar-refractivity contribution < 1.29 is 38.2 Å². The first-order chi connectivity index (χ1) is 19.5. The van der Waals surface area contributed by atoms with E-state index in [0.717, 1.165) is 11.1 Å². The van der Waals surface area contributed by atoms with Gasteiger partial charge in [-0.2, -0.15) is 0 Å². The summed E-state index contributed by atoms with van der Waals surface area (Å²) in [7, 11) is 2.81. The fourth-order valence-corrected chi connectivity index (χ4v) is 5.15. The summed E-state index contributed by atoms with van der Waals surface area (Å²) < 4.78 is 27.9. The standard InChI is InChI=1S/C30H34N2O9/c1-17-25(28(33)38-6)27(21-8-7-9-22(14-21)32(35)36)26(18(2)31-17)29(34)39-13-12-19-10-11-20(15-23(19)37-5)24-16-40-30(3,4)41-24/h7-11,14-15,24,27,31H,12-13,16H2,1-6H3. The van der Waals surface area contributed by atoms with E-state index in [0.29, 0.717) is 35.7 Å².